The first kappa shape index (κ1) is 31.7. The van der Waals surface area contributed by atoms with Crippen LogP contribution in [0.25, 0.3) is 0 Å². The number of carboxylic acids is 2. The van der Waals surface area contributed by atoms with Gasteiger partial charge in [-0.25, -0.2) is 4.79 Å². The molecule has 4 atom stereocenters. The number of hydrogen-bond acceptors (Lipinski definition) is 7. The minimum Gasteiger partial charge on any atom is -0.481 e. The van der Waals surface area contributed by atoms with Crippen molar-refractivity contribution in [3.05, 3.63) is 0 Å². The highest BCUT2D eigenvalue weighted by Crippen LogP contribution is 2.10. The molecule has 0 fully saturated rings. The molecule has 0 radical (unpaired) electrons. The van der Waals surface area contributed by atoms with Crippen LogP contribution in [-0.2, 0) is 24.0 Å². The maximum atomic E-state index is 13.0. The number of hydrogen-bond donors (Lipinski definition) is 6. The highest BCUT2D eigenvalue weighted by Gasteiger charge is 2.30. The molecule has 4 unspecified atom stereocenters. The van der Waals surface area contributed by atoms with Gasteiger partial charge in [0.1, 0.15) is 18.1 Å². The van der Waals surface area contributed by atoms with Gasteiger partial charge in [0.15, 0.2) is 0 Å². The van der Waals surface area contributed by atoms with Crippen LogP contribution in [0.15, 0.2) is 0 Å². The lowest BCUT2D eigenvalue weighted by Crippen LogP contribution is -2.57. The molecule has 0 aromatic heterocycles. The van der Waals surface area contributed by atoms with Gasteiger partial charge in [0.05, 0.1) is 6.04 Å². The second kappa shape index (κ2) is 16.3. The zero-order chi connectivity index (χ0) is 26.4. The molecule has 0 aromatic rings. The van der Waals surface area contributed by atoms with Gasteiger partial charge >= 0.3 is 11.9 Å². The smallest absolute Gasteiger partial charge is 0.326 e. The molecule has 0 rings (SSSR count). The molecule has 0 heterocycles. The molecule has 0 aliphatic heterocycles. The van der Waals surface area contributed by atoms with Gasteiger partial charge < -0.3 is 31.9 Å². The average molecular weight is 505 g/mol. The first-order valence-electron chi connectivity index (χ1n) is 11.4. The molecular formula is C22H40N4O7S. The molecule has 0 bridgehead atoms. The fourth-order valence-electron chi connectivity index (χ4n) is 3.13. The van der Waals surface area contributed by atoms with Gasteiger partial charge in [-0.2, -0.15) is 11.8 Å². The summed E-state index contributed by atoms with van der Waals surface area (Å²) < 4.78 is 0. The molecular weight excluding hydrogens is 464 g/mol. The van der Waals surface area contributed by atoms with E-state index in [1.807, 2.05) is 34.0 Å². The van der Waals surface area contributed by atoms with Gasteiger partial charge in [-0.05, 0) is 49.5 Å². The van der Waals surface area contributed by atoms with E-state index in [1.54, 1.807) is 0 Å². The molecule has 0 saturated carbocycles. The van der Waals surface area contributed by atoms with E-state index in [1.165, 1.54) is 11.8 Å². The molecule has 0 aliphatic carbocycles. The third-order valence-electron chi connectivity index (χ3n) is 4.91. The quantitative estimate of drug-likeness (QED) is 0.164. The van der Waals surface area contributed by atoms with E-state index in [4.69, 9.17) is 10.8 Å². The zero-order valence-electron chi connectivity index (χ0n) is 20.6. The van der Waals surface area contributed by atoms with Gasteiger partial charge in [0.2, 0.25) is 17.7 Å². The summed E-state index contributed by atoms with van der Waals surface area (Å²) in [5.41, 5.74) is 5.75. The van der Waals surface area contributed by atoms with E-state index in [2.05, 4.69) is 16.0 Å². The van der Waals surface area contributed by atoms with E-state index < -0.39 is 53.8 Å². The van der Waals surface area contributed by atoms with Crippen LogP contribution in [0, 0.1) is 11.8 Å². The van der Waals surface area contributed by atoms with Gasteiger partial charge in [0, 0.05) is 6.42 Å². The van der Waals surface area contributed by atoms with Gasteiger partial charge in [-0.3, -0.25) is 19.2 Å². The summed E-state index contributed by atoms with van der Waals surface area (Å²) in [6.07, 6.45) is 2.26. The van der Waals surface area contributed by atoms with Gasteiger partial charge in [-0.1, -0.05) is 27.7 Å². The molecule has 196 valence electrons. The fourth-order valence-corrected chi connectivity index (χ4v) is 3.61. The highest BCUT2D eigenvalue weighted by molar-refractivity contribution is 7.98. The Morgan fingerprint density at radius 3 is 1.71 bits per heavy atom. The molecule has 34 heavy (non-hydrogen) atoms. The summed E-state index contributed by atoms with van der Waals surface area (Å²) in [5.74, 6) is -3.50. The molecule has 0 saturated heterocycles. The van der Waals surface area contributed by atoms with Gasteiger partial charge in [0.25, 0.3) is 0 Å². The standard InChI is InChI=1S/C22H40N4O7S/c1-12(2)10-16(25-19(29)14(23)6-7-18(27)28)21(31)24-15(8-9-34-5)20(30)26-17(22(32)33)11-13(3)4/h12-17H,6-11,23H2,1-5H3,(H,24,31)(H,25,29)(H,26,30)(H,27,28)(H,32,33). The lowest BCUT2D eigenvalue weighted by Gasteiger charge is -2.26. The van der Waals surface area contributed by atoms with Crippen molar-refractivity contribution in [2.75, 3.05) is 12.0 Å². The SMILES string of the molecule is CSCCC(NC(=O)C(CC(C)C)NC(=O)C(N)CCC(=O)O)C(=O)NC(CC(C)C)C(=O)O. The molecule has 0 aromatic carbocycles. The van der Waals surface area contributed by atoms with Crippen LogP contribution in [0.1, 0.15) is 59.8 Å². The maximum absolute atomic E-state index is 13.0. The fraction of sp³-hybridized carbons (Fsp3) is 0.773. The Labute approximate surface area is 205 Å². The predicted molar refractivity (Wildman–Crippen MR) is 130 cm³/mol. The first-order chi connectivity index (χ1) is 15.8. The predicted octanol–water partition coefficient (Wildman–Crippen LogP) is 0.563. The summed E-state index contributed by atoms with van der Waals surface area (Å²) in [6.45, 7) is 7.40. The van der Waals surface area contributed by atoms with Crippen LogP contribution in [0.5, 0.6) is 0 Å². The zero-order valence-corrected chi connectivity index (χ0v) is 21.4. The Hall–Kier alpha value is -2.34. The van der Waals surface area contributed by atoms with Crippen molar-refractivity contribution >= 4 is 41.4 Å². The van der Waals surface area contributed by atoms with Crippen molar-refractivity contribution in [3.63, 3.8) is 0 Å². The van der Waals surface area contributed by atoms with Crippen molar-refractivity contribution < 1.29 is 34.2 Å². The molecule has 0 aliphatic rings. The average Bonchev–Trinajstić information content (AvgIpc) is 2.72. The normalized spacial score (nSPS) is 14.7. The summed E-state index contributed by atoms with van der Waals surface area (Å²) in [6, 6.07) is -4.15. The van der Waals surface area contributed by atoms with Gasteiger partial charge in [-0.15, -0.1) is 0 Å². The van der Waals surface area contributed by atoms with Crippen LogP contribution in [-0.4, -0.2) is 76.0 Å². The molecule has 3 amide bonds. The minimum atomic E-state index is -1.16. The Bertz CT molecular complexity index is 703. The van der Waals surface area contributed by atoms with Crippen molar-refractivity contribution in [2.45, 2.75) is 84.0 Å². The van der Waals surface area contributed by atoms with E-state index in [-0.39, 0.29) is 43.9 Å². The van der Waals surface area contributed by atoms with E-state index in [0.29, 0.717) is 5.75 Å². The second-order valence-electron chi connectivity index (χ2n) is 9.10. The third-order valence-corrected chi connectivity index (χ3v) is 5.56. The topological polar surface area (TPSA) is 188 Å². The van der Waals surface area contributed by atoms with Crippen LogP contribution in [0.2, 0.25) is 0 Å². The van der Waals surface area contributed by atoms with Crippen LogP contribution < -0.4 is 21.7 Å². The molecule has 12 heteroatoms. The minimum absolute atomic E-state index is 0.0206. The number of carbonyl (C=O) groups excluding carboxylic acids is 3. The van der Waals surface area contributed by atoms with E-state index >= 15 is 0 Å². The third kappa shape index (κ3) is 13.4. The number of rotatable bonds is 17. The number of amides is 3. The Morgan fingerprint density at radius 2 is 1.24 bits per heavy atom. The van der Waals surface area contributed by atoms with E-state index in [9.17, 15) is 29.1 Å². The number of aliphatic carboxylic acids is 2. The van der Waals surface area contributed by atoms with Crippen LogP contribution in [0.4, 0.5) is 0 Å². The van der Waals surface area contributed by atoms with Crippen molar-refractivity contribution in [2.24, 2.45) is 17.6 Å². The second-order valence-corrected chi connectivity index (χ2v) is 10.1. The van der Waals surface area contributed by atoms with Crippen molar-refractivity contribution in [1.29, 1.82) is 0 Å². The Morgan fingerprint density at radius 1 is 0.765 bits per heavy atom. The first-order valence-corrected chi connectivity index (χ1v) is 12.8. The lowest BCUT2D eigenvalue weighted by atomic mass is 10.0. The molecule has 7 N–H and O–H groups in total. The maximum Gasteiger partial charge on any atom is 0.326 e. The number of nitrogens with two attached hydrogens (primary N) is 1. The van der Waals surface area contributed by atoms with Crippen molar-refractivity contribution in [1.82, 2.24) is 16.0 Å². The molecule has 11 nitrogen and oxygen atoms in total. The number of carboxylic acid groups (broad SMARTS) is 2. The largest absolute Gasteiger partial charge is 0.481 e. The summed E-state index contributed by atoms with van der Waals surface area (Å²) in [4.78, 5) is 60.5. The summed E-state index contributed by atoms with van der Waals surface area (Å²) in [5, 5.41) is 25.9. The molecule has 0 spiro atoms. The number of nitrogens with one attached hydrogen (secondary N) is 3. The van der Waals surface area contributed by atoms with Crippen molar-refractivity contribution in [3.8, 4) is 0 Å². The Kier molecular flexibility index (Phi) is 15.2. The Balaban J connectivity index is 5.44. The monoisotopic (exact) mass is 504 g/mol. The van der Waals surface area contributed by atoms with Crippen LogP contribution in [0.3, 0.4) is 0 Å². The number of thioether (sulfide) groups is 1. The summed E-state index contributed by atoms with van der Waals surface area (Å²) in [7, 11) is 0. The van der Waals surface area contributed by atoms with Crippen LogP contribution >= 0.6 is 11.8 Å². The highest BCUT2D eigenvalue weighted by atomic mass is 32.2. The lowest BCUT2D eigenvalue weighted by molar-refractivity contribution is -0.143. The van der Waals surface area contributed by atoms with E-state index in [0.717, 1.165) is 0 Å². The number of carbonyl (C=O) groups is 5. The summed E-state index contributed by atoms with van der Waals surface area (Å²) >= 11 is 1.47.